The number of aromatic nitrogens is 1. The minimum Gasteiger partial charge on any atom is -0.478 e. The maximum atomic E-state index is 12.4. The van der Waals surface area contributed by atoms with Crippen LogP contribution in [0.2, 0.25) is 0 Å². The first kappa shape index (κ1) is 23.3. The molecular weight excluding hydrogens is 425 g/mol. The van der Waals surface area contributed by atoms with Crippen LogP contribution >= 0.6 is 11.3 Å². The number of alkyl halides is 3. The van der Waals surface area contributed by atoms with E-state index >= 15 is 0 Å². The topological polar surface area (TPSA) is 108 Å². The summed E-state index contributed by atoms with van der Waals surface area (Å²) in [4.78, 5) is 39.9. The minimum atomic E-state index is -5.08. The molecule has 1 aliphatic heterocycles. The summed E-state index contributed by atoms with van der Waals surface area (Å²) in [6.07, 6.45) is -3.33. The Labute approximate surface area is 173 Å². The first-order valence-electron chi connectivity index (χ1n) is 8.82. The smallest absolute Gasteiger partial charge is 0.478 e. The van der Waals surface area contributed by atoms with Crippen molar-refractivity contribution in [1.29, 1.82) is 0 Å². The van der Waals surface area contributed by atoms with Gasteiger partial charge in [0.05, 0.1) is 17.7 Å². The van der Waals surface area contributed by atoms with Gasteiger partial charge in [0, 0.05) is 30.1 Å². The van der Waals surface area contributed by atoms with E-state index in [1.165, 1.54) is 0 Å². The van der Waals surface area contributed by atoms with Gasteiger partial charge in [-0.15, -0.1) is 11.3 Å². The van der Waals surface area contributed by atoms with Gasteiger partial charge in [-0.05, 0) is 36.4 Å². The molecule has 0 unspecified atom stereocenters. The Morgan fingerprint density at radius 1 is 1.20 bits per heavy atom. The molecule has 0 spiro atoms. The summed E-state index contributed by atoms with van der Waals surface area (Å²) in [6, 6.07) is 5.64. The van der Waals surface area contributed by atoms with E-state index in [0.717, 1.165) is 16.1 Å². The summed E-state index contributed by atoms with van der Waals surface area (Å²) >= 11 is 1.59. The second kappa shape index (κ2) is 9.70. The van der Waals surface area contributed by atoms with Crippen molar-refractivity contribution in [1.82, 2.24) is 9.88 Å². The fourth-order valence-electron chi connectivity index (χ4n) is 2.88. The average molecular weight is 444 g/mol. The highest BCUT2D eigenvalue weighted by molar-refractivity contribution is 7.10. The van der Waals surface area contributed by atoms with Crippen molar-refractivity contribution < 1.29 is 37.8 Å². The Hall–Kier alpha value is -2.95. The van der Waals surface area contributed by atoms with Crippen LogP contribution < -0.4 is 0 Å². The lowest BCUT2D eigenvalue weighted by Crippen LogP contribution is -2.34. The molecule has 2 N–H and O–H groups in total. The van der Waals surface area contributed by atoms with Crippen molar-refractivity contribution in [3.63, 3.8) is 0 Å². The second-order valence-electron chi connectivity index (χ2n) is 6.47. The molecule has 2 aromatic rings. The summed E-state index contributed by atoms with van der Waals surface area (Å²) < 4.78 is 31.7. The third-order valence-corrected chi connectivity index (χ3v) is 5.26. The van der Waals surface area contributed by atoms with E-state index < -0.39 is 18.1 Å². The van der Waals surface area contributed by atoms with Crippen molar-refractivity contribution >= 4 is 29.2 Å². The molecule has 0 bridgehead atoms. The zero-order chi connectivity index (χ0) is 22.5. The predicted molar refractivity (Wildman–Crippen MR) is 102 cm³/mol. The maximum Gasteiger partial charge on any atom is 0.490 e. The van der Waals surface area contributed by atoms with E-state index in [1.807, 2.05) is 22.4 Å². The van der Waals surface area contributed by atoms with Gasteiger partial charge in [0.15, 0.2) is 0 Å². The van der Waals surface area contributed by atoms with Crippen LogP contribution in [0.5, 0.6) is 0 Å². The number of thiophene rings is 1. The van der Waals surface area contributed by atoms with Crippen molar-refractivity contribution in [2.75, 3.05) is 13.1 Å². The summed E-state index contributed by atoms with van der Waals surface area (Å²) in [5, 5.41) is 18.3. The molecule has 0 aromatic carbocycles. The number of halogens is 3. The zero-order valence-electron chi connectivity index (χ0n) is 15.9. The molecule has 162 valence electrons. The lowest BCUT2D eigenvalue weighted by molar-refractivity contribution is -0.192. The van der Waals surface area contributed by atoms with Crippen LogP contribution in [0.1, 0.15) is 32.2 Å². The molecule has 2 aromatic heterocycles. The average Bonchev–Trinajstić information content (AvgIpc) is 3.06. The third kappa shape index (κ3) is 6.28. The van der Waals surface area contributed by atoms with E-state index in [1.54, 1.807) is 24.3 Å². The molecule has 0 fully saturated rings. The van der Waals surface area contributed by atoms with Crippen LogP contribution in [0.15, 0.2) is 23.6 Å². The van der Waals surface area contributed by atoms with E-state index in [4.69, 9.17) is 9.90 Å². The fraction of sp³-hybridized carbons (Fsp3) is 0.368. The molecule has 7 nitrogen and oxygen atoms in total. The lowest BCUT2D eigenvalue weighted by Gasteiger charge is -2.19. The van der Waals surface area contributed by atoms with Crippen molar-refractivity contribution in [3.8, 4) is 0 Å². The first-order valence-corrected chi connectivity index (χ1v) is 9.70. The fourth-order valence-corrected chi connectivity index (χ4v) is 3.57. The van der Waals surface area contributed by atoms with Crippen LogP contribution in [0.3, 0.4) is 0 Å². The summed E-state index contributed by atoms with van der Waals surface area (Å²) in [6.45, 7) is 2.96. The minimum absolute atomic E-state index is 0.121. The van der Waals surface area contributed by atoms with Gasteiger partial charge in [0.25, 0.3) is 0 Å². The Kier molecular flexibility index (Phi) is 7.54. The third-order valence-electron chi connectivity index (χ3n) is 4.38. The molecule has 3 rings (SSSR count). The van der Waals surface area contributed by atoms with Crippen molar-refractivity contribution in [2.45, 2.75) is 32.4 Å². The monoisotopic (exact) mass is 444 g/mol. The van der Waals surface area contributed by atoms with Gasteiger partial charge in [-0.3, -0.25) is 9.78 Å². The molecule has 1 amide bonds. The molecular formula is C19H19F3N2O5S. The highest BCUT2D eigenvalue weighted by atomic mass is 32.1. The number of aromatic carboxylic acids is 1. The van der Waals surface area contributed by atoms with E-state index in [-0.39, 0.29) is 11.5 Å². The highest BCUT2D eigenvalue weighted by Crippen LogP contribution is 2.19. The highest BCUT2D eigenvalue weighted by Gasteiger charge is 2.38. The van der Waals surface area contributed by atoms with Gasteiger partial charge in [0.2, 0.25) is 5.91 Å². The van der Waals surface area contributed by atoms with Gasteiger partial charge in [-0.1, -0.05) is 6.07 Å². The number of nitrogens with zero attached hydrogens (tertiary/aromatic N) is 2. The maximum absolute atomic E-state index is 12.4. The number of pyridine rings is 1. The number of hydrogen-bond acceptors (Lipinski definition) is 5. The number of carboxylic acids is 2. The number of carbonyl (C=O) groups is 3. The first-order chi connectivity index (χ1) is 14.0. The Balaban J connectivity index is 0.000000396. The van der Waals surface area contributed by atoms with E-state index in [9.17, 15) is 27.9 Å². The van der Waals surface area contributed by atoms with Crippen molar-refractivity contribution in [2.24, 2.45) is 0 Å². The molecule has 0 saturated heterocycles. The largest absolute Gasteiger partial charge is 0.490 e. The van der Waals surface area contributed by atoms with Gasteiger partial charge in [-0.25, -0.2) is 9.59 Å². The van der Waals surface area contributed by atoms with Crippen LogP contribution in [0.25, 0.3) is 0 Å². The number of fused-ring (bicyclic) bond motifs is 1. The predicted octanol–water partition coefficient (Wildman–Crippen LogP) is 2.95. The molecule has 0 atom stereocenters. The molecule has 1 aliphatic rings. The Morgan fingerprint density at radius 2 is 1.83 bits per heavy atom. The van der Waals surface area contributed by atoms with Crippen LogP contribution in [-0.4, -0.2) is 57.2 Å². The number of carbonyl (C=O) groups excluding carboxylic acids is 1. The number of carboxylic acid groups (broad SMARTS) is 2. The zero-order valence-corrected chi connectivity index (χ0v) is 16.7. The van der Waals surface area contributed by atoms with Crippen LogP contribution in [-0.2, 0) is 28.9 Å². The SMILES string of the molecule is Cc1nc2c(cc1C(=O)O)CCN(C(=O)Cc1cccs1)CC2.O=C(O)C(F)(F)F. The number of amides is 1. The standard InChI is InChI=1S/C17H18N2O3S.C2HF3O2/c1-11-14(17(21)22)9-12-4-6-19(7-5-15(12)18-11)16(20)10-13-3-2-8-23-13;3-2(4,5)1(6)7/h2-3,8-9H,4-7,10H2,1H3,(H,21,22);(H,6,7). The molecule has 0 radical (unpaired) electrons. The number of aryl methyl sites for hydroxylation is 1. The molecule has 11 heteroatoms. The number of hydrogen-bond donors (Lipinski definition) is 2. The Morgan fingerprint density at radius 3 is 2.37 bits per heavy atom. The normalized spacial score (nSPS) is 13.5. The van der Waals surface area contributed by atoms with Gasteiger partial charge >= 0.3 is 18.1 Å². The Bertz CT molecular complexity index is 929. The van der Waals surface area contributed by atoms with Crippen LogP contribution in [0, 0.1) is 6.92 Å². The van der Waals surface area contributed by atoms with Crippen molar-refractivity contribution in [3.05, 3.63) is 51.0 Å². The van der Waals surface area contributed by atoms with Gasteiger partial charge in [-0.2, -0.15) is 13.2 Å². The lowest BCUT2D eigenvalue weighted by atomic mass is 10.0. The molecule has 0 saturated carbocycles. The quantitative estimate of drug-likeness (QED) is 0.754. The molecule has 30 heavy (non-hydrogen) atoms. The van der Waals surface area contributed by atoms with E-state index in [0.29, 0.717) is 38.0 Å². The summed E-state index contributed by atoms with van der Waals surface area (Å²) in [5.41, 5.74) is 2.65. The molecule has 0 aliphatic carbocycles. The van der Waals surface area contributed by atoms with E-state index in [2.05, 4.69) is 4.98 Å². The van der Waals surface area contributed by atoms with Gasteiger partial charge in [0.1, 0.15) is 0 Å². The summed E-state index contributed by atoms with van der Waals surface area (Å²) in [5.74, 6) is -3.59. The molecule has 3 heterocycles. The second-order valence-corrected chi connectivity index (χ2v) is 7.50. The number of rotatable bonds is 3. The van der Waals surface area contributed by atoms with Crippen LogP contribution in [0.4, 0.5) is 13.2 Å². The van der Waals surface area contributed by atoms with Gasteiger partial charge < -0.3 is 15.1 Å². The summed E-state index contributed by atoms with van der Waals surface area (Å²) in [7, 11) is 0. The number of aliphatic carboxylic acids is 1.